The molecule has 2 saturated heterocycles. The Balaban J connectivity index is 0.00000648. The van der Waals surface area contributed by atoms with Gasteiger partial charge in [0.2, 0.25) is 11.8 Å². The first-order valence-corrected chi connectivity index (χ1v) is 22.5. The van der Waals surface area contributed by atoms with Crippen LogP contribution in [0.2, 0.25) is 0 Å². The van der Waals surface area contributed by atoms with E-state index in [0.29, 0.717) is 44.7 Å². The number of carbonyl (C=O) groups is 5. The van der Waals surface area contributed by atoms with E-state index in [1.165, 1.54) is 49.1 Å². The molecule has 4 heterocycles. The van der Waals surface area contributed by atoms with Gasteiger partial charge in [-0.05, 0) is 118 Å². The van der Waals surface area contributed by atoms with Crippen LogP contribution in [0.5, 0.6) is 5.75 Å². The Hall–Kier alpha value is -5.56. The highest BCUT2D eigenvalue weighted by Crippen LogP contribution is 2.41. The summed E-state index contributed by atoms with van der Waals surface area (Å²) in [7, 11) is 0. The minimum Gasteiger partial charge on any atom is -0.491 e. The summed E-state index contributed by atoms with van der Waals surface area (Å²) in [6.07, 6.45) is 2.10. The Morgan fingerprint density at radius 3 is 2.21 bits per heavy atom. The van der Waals surface area contributed by atoms with Crippen LogP contribution in [0.4, 0.5) is 24.5 Å². The lowest BCUT2D eigenvalue weighted by Crippen LogP contribution is -2.54. The molecule has 15 nitrogen and oxygen atoms in total. The molecule has 3 fully saturated rings. The number of amides is 5. The van der Waals surface area contributed by atoms with Crippen molar-refractivity contribution in [3.63, 3.8) is 0 Å². The molecule has 5 amide bonds. The summed E-state index contributed by atoms with van der Waals surface area (Å²) in [6.45, 7) is 5.53. The molecule has 2 unspecified atom stereocenters. The summed E-state index contributed by atoms with van der Waals surface area (Å²) in [5.41, 5.74) is 2.43. The van der Waals surface area contributed by atoms with Gasteiger partial charge in [0, 0.05) is 31.2 Å². The van der Waals surface area contributed by atoms with Gasteiger partial charge >= 0.3 is 6.18 Å². The van der Waals surface area contributed by atoms with E-state index < -0.39 is 53.6 Å². The van der Waals surface area contributed by atoms with E-state index in [2.05, 4.69) is 43.9 Å². The van der Waals surface area contributed by atoms with Crippen molar-refractivity contribution in [3.8, 4) is 5.75 Å². The zero-order chi connectivity index (χ0) is 45.5. The maximum atomic E-state index is 13.5. The monoisotopic (exact) mass is 920 g/mol. The normalized spacial score (nSPS) is 22.0. The average molecular weight is 921 g/mol. The standard InChI is InChI=1S/C47H55F3N6O9.CH4/c48-47(49,50)33-6-4-5-32(26-33)42(58)53-46-51-38-25-31(28-54-17-2-1-3-18-54)9-14-39(38)55(46)34-10-7-30(8-11-34)29-64-22-21-62-19-20-63-23-24-65-35-12-13-36-37(27-35)45(61)56(44(36)60)40-15-16-41(57)52-43(40)59;/h4-6,9,12-14,25-27,30,34,40,46,51H,1-3,7-8,10-11,15-24,28-29H2,(H,53,58)(H,52,57,59);1H4. The summed E-state index contributed by atoms with van der Waals surface area (Å²) in [4.78, 5) is 68.8. The van der Waals surface area contributed by atoms with Crippen LogP contribution in [0.1, 0.15) is 107 Å². The molecule has 3 N–H and O–H groups in total. The Labute approximate surface area is 382 Å². The summed E-state index contributed by atoms with van der Waals surface area (Å²) in [5.74, 6) is -2.14. The van der Waals surface area contributed by atoms with Crippen molar-refractivity contribution >= 4 is 40.9 Å². The lowest BCUT2D eigenvalue weighted by Gasteiger charge is -2.39. The predicted octanol–water partition coefficient (Wildman–Crippen LogP) is 6.36. The maximum Gasteiger partial charge on any atom is 0.416 e. The third-order valence-corrected chi connectivity index (χ3v) is 12.7. The fourth-order valence-corrected chi connectivity index (χ4v) is 9.35. The van der Waals surface area contributed by atoms with Crippen LogP contribution in [0.25, 0.3) is 0 Å². The minimum atomic E-state index is -4.56. The van der Waals surface area contributed by atoms with Gasteiger partial charge in [0.1, 0.15) is 18.4 Å². The molecule has 0 radical (unpaired) electrons. The molecule has 356 valence electrons. The highest BCUT2D eigenvalue weighted by Gasteiger charge is 2.45. The molecular weight excluding hydrogens is 862 g/mol. The van der Waals surface area contributed by atoms with Gasteiger partial charge in [0.05, 0.1) is 61.1 Å². The highest BCUT2D eigenvalue weighted by atomic mass is 19.4. The number of nitrogens with one attached hydrogen (secondary N) is 3. The third-order valence-electron chi connectivity index (χ3n) is 12.7. The fourth-order valence-electron chi connectivity index (χ4n) is 9.35. The van der Waals surface area contributed by atoms with Crippen LogP contribution < -0.4 is 25.6 Å². The van der Waals surface area contributed by atoms with E-state index in [0.717, 1.165) is 73.7 Å². The lowest BCUT2D eigenvalue weighted by molar-refractivity contribution is -0.138. The topological polar surface area (TPSA) is 168 Å². The number of imide groups is 2. The first-order valence-electron chi connectivity index (χ1n) is 22.5. The number of halogens is 3. The van der Waals surface area contributed by atoms with Gasteiger partial charge in [-0.3, -0.25) is 39.1 Å². The number of hydrogen-bond acceptors (Lipinski definition) is 12. The van der Waals surface area contributed by atoms with Crippen LogP contribution in [-0.2, 0) is 36.5 Å². The van der Waals surface area contributed by atoms with Crippen LogP contribution in [0.15, 0.2) is 60.7 Å². The van der Waals surface area contributed by atoms with E-state index in [1.807, 2.05) is 0 Å². The third kappa shape index (κ3) is 11.5. The first kappa shape index (κ1) is 48.4. The van der Waals surface area contributed by atoms with Gasteiger partial charge in [0.15, 0.2) is 6.29 Å². The van der Waals surface area contributed by atoms with Crippen LogP contribution >= 0.6 is 0 Å². The number of hydrogen-bond donors (Lipinski definition) is 3. The molecule has 3 aromatic carbocycles. The molecule has 1 saturated carbocycles. The molecule has 8 rings (SSSR count). The number of ether oxygens (including phenoxy) is 4. The zero-order valence-electron chi connectivity index (χ0n) is 36.2. The van der Waals surface area contributed by atoms with E-state index in [9.17, 15) is 37.1 Å². The van der Waals surface area contributed by atoms with Crippen molar-refractivity contribution < 1.29 is 56.1 Å². The average Bonchev–Trinajstić information content (AvgIpc) is 3.77. The van der Waals surface area contributed by atoms with E-state index in [-0.39, 0.29) is 56.2 Å². The second-order valence-corrected chi connectivity index (χ2v) is 17.2. The van der Waals surface area contributed by atoms with Crippen molar-refractivity contribution in [1.29, 1.82) is 0 Å². The Morgan fingerprint density at radius 2 is 1.48 bits per heavy atom. The van der Waals surface area contributed by atoms with E-state index in [4.69, 9.17) is 18.9 Å². The highest BCUT2D eigenvalue weighted by molar-refractivity contribution is 6.23. The quantitative estimate of drug-likeness (QED) is 0.0956. The van der Waals surface area contributed by atoms with Crippen molar-refractivity contribution in [1.82, 2.24) is 20.4 Å². The second kappa shape index (κ2) is 21.8. The fraction of sp³-hybridized carbons (Fsp3) is 0.521. The molecule has 2 atom stereocenters. The molecule has 3 aromatic rings. The molecule has 0 bridgehead atoms. The van der Waals surface area contributed by atoms with Crippen LogP contribution in [0, 0.1) is 5.92 Å². The SMILES string of the molecule is C.O=C1CCC(N2C(=O)c3ccc(OCCOCCOCCOCC4CCC(N5c6ccc(CN7CCCCC7)cc6NC5NC(=O)c5cccc(C(F)(F)F)c5)CC4)cc3C2=O)C(=O)N1. The van der Waals surface area contributed by atoms with Gasteiger partial charge in [0.25, 0.3) is 17.7 Å². The van der Waals surface area contributed by atoms with Crippen LogP contribution in [0.3, 0.4) is 0 Å². The molecule has 66 heavy (non-hydrogen) atoms. The molecule has 4 aliphatic heterocycles. The predicted molar refractivity (Wildman–Crippen MR) is 238 cm³/mol. The van der Waals surface area contributed by atoms with Crippen LogP contribution in [-0.4, -0.2) is 117 Å². The summed E-state index contributed by atoms with van der Waals surface area (Å²) >= 11 is 0. The molecule has 0 aromatic heterocycles. The number of anilines is 2. The smallest absolute Gasteiger partial charge is 0.416 e. The van der Waals surface area contributed by atoms with Crippen molar-refractivity contribution in [2.75, 3.05) is 69.6 Å². The van der Waals surface area contributed by atoms with E-state index >= 15 is 0 Å². The Morgan fingerprint density at radius 1 is 0.773 bits per heavy atom. The summed E-state index contributed by atoms with van der Waals surface area (Å²) < 4.78 is 63.5. The van der Waals surface area contributed by atoms with Crippen molar-refractivity contribution in [2.45, 2.75) is 96.3 Å². The molecular formula is C48H59F3N6O9. The van der Waals surface area contributed by atoms with E-state index in [1.54, 1.807) is 6.07 Å². The van der Waals surface area contributed by atoms with Gasteiger partial charge in [-0.25, -0.2) is 0 Å². The number of benzene rings is 3. The van der Waals surface area contributed by atoms with Gasteiger partial charge in [-0.15, -0.1) is 0 Å². The summed E-state index contributed by atoms with van der Waals surface area (Å²) in [5, 5.41) is 8.65. The largest absolute Gasteiger partial charge is 0.491 e. The van der Waals surface area contributed by atoms with Crippen molar-refractivity contribution in [2.24, 2.45) is 5.92 Å². The minimum absolute atomic E-state index is 0. The Kier molecular flexibility index (Phi) is 16.0. The summed E-state index contributed by atoms with van der Waals surface area (Å²) in [6, 6.07) is 14.5. The number of carbonyl (C=O) groups excluding carboxylic acids is 5. The molecule has 1 aliphatic carbocycles. The van der Waals surface area contributed by atoms with Crippen molar-refractivity contribution in [3.05, 3.63) is 88.5 Å². The Bertz CT molecular complexity index is 2230. The number of likely N-dealkylation sites (tertiary alicyclic amines) is 1. The molecule has 5 aliphatic rings. The van der Waals surface area contributed by atoms with Gasteiger partial charge < -0.3 is 34.5 Å². The van der Waals surface area contributed by atoms with Gasteiger partial charge in [-0.1, -0.05) is 26.0 Å². The molecule has 0 spiro atoms. The van der Waals surface area contributed by atoms with Gasteiger partial charge in [-0.2, -0.15) is 13.2 Å². The lowest BCUT2D eigenvalue weighted by atomic mass is 9.85. The number of fused-ring (bicyclic) bond motifs is 2. The zero-order valence-corrected chi connectivity index (χ0v) is 36.2. The number of piperidine rings is 2. The number of nitrogens with zero attached hydrogens (tertiary/aromatic N) is 3. The number of alkyl halides is 3. The second-order valence-electron chi connectivity index (χ2n) is 17.2. The number of rotatable bonds is 18. The molecule has 18 heteroatoms. The first-order chi connectivity index (χ1) is 31.4. The maximum absolute atomic E-state index is 13.5.